The monoisotopic (exact) mass is 373 g/mol. The van der Waals surface area contributed by atoms with Gasteiger partial charge in [0.15, 0.2) is 0 Å². The standard InChI is InChI=1S/C20H31N5O2/c1-3-17(4-2)25-19(9-10-22-25)23-20(26)21-13-16-7-5-11-24(14-16)15-18-8-6-12-27-18/h6,8-10,12,16-17H,3-5,7,11,13-15H2,1-2H3,(H2,21,23,26)/t16-/m1/s1. The van der Waals surface area contributed by atoms with Gasteiger partial charge >= 0.3 is 6.03 Å². The Morgan fingerprint density at radius 3 is 2.96 bits per heavy atom. The number of carbonyl (C=O) groups is 1. The zero-order valence-corrected chi connectivity index (χ0v) is 16.4. The Balaban J connectivity index is 1.46. The van der Waals surface area contributed by atoms with Crippen LogP contribution in [0.25, 0.3) is 0 Å². The van der Waals surface area contributed by atoms with Crippen molar-refractivity contribution in [3.63, 3.8) is 0 Å². The van der Waals surface area contributed by atoms with E-state index >= 15 is 0 Å². The number of piperidine rings is 1. The van der Waals surface area contributed by atoms with Crippen molar-refractivity contribution < 1.29 is 9.21 Å². The van der Waals surface area contributed by atoms with Crippen LogP contribution < -0.4 is 10.6 Å². The maximum absolute atomic E-state index is 12.4. The molecule has 3 rings (SSSR count). The number of rotatable bonds is 8. The molecule has 1 aliphatic heterocycles. The molecule has 1 saturated heterocycles. The third kappa shape index (κ3) is 5.35. The number of hydrogen-bond acceptors (Lipinski definition) is 4. The molecule has 1 fully saturated rings. The van der Waals surface area contributed by atoms with Gasteiger partial charge in [-0.1, -0.05) is 13.8 Å². The fourth-order valence-corrected chi connectivity index (χ4v) is 3.82. The van der Waals surface area contributed by atoms with Crippen molar-refractivity contribution in [3.05, 3.63) is 36.4 Å². The van der Waals surface area contributed by atoms with Crippen LogP contribution in [0.1, 0.15) is 51.3 Å². The van der Waals surface area contributed by atoms with Crippen molar-refractivity contribution in [2.75, 3.05) is 25.0 Å². The van der Waals surface area contributed by atoms with Crippen LogP contribution in [-0.2, 0) is 6.54 Å². The smallest absolute Gasteiger partial charge is 0.320 e. The quantitative estimate of drug-likeness (QED) is 0.736. The highest BCUT2D eigenvalue weighted by molar-refractivity contribution is 5.88. The summed E-state index contributed by atoms with van der Waals surface area (Å²) in [6.45, 7) is 7.85. The van der Waals surface area contributed by atoms with Crippen LogP contribution in [0.5, 0.6) is 0 Å². The second kappa shape index (κ2) is 9.60. The van der Waals surface area contributed by atoms with E-state index in [-0.39, 0.29) is 6.03 Å². The van der Waals surface area contributed by atoms with Crippen molar-refractivity contribution in [2.45, 2.75) is 52.1 Å². The summed E-state index contributed by atoms with van der Waals surface area (Å²) in [4.78, 5) is 14.7. The molecule has 0 radical (unpaired) electrons. The minimum atomic E-state index is -0.161. The summed E-state index contributed by atoms with van der Waals surface area (Å²) in [5, 5.41) is 10.3. The molecule has 2 aromatic rings. The zero-order chi connectivity index (χ0) is 19.1. The normalized spacial score (nSPS) is 18.0. The number of hydrogen-bond donors (Lipinski definition) is 2. The Morgan fingerprint density at radius 1 is 1.37 bits per heavy atom. The number of nitrogens with one attached hydrogen (secondary N) is 2. The number of likely N-dealkylation sites (tertiary alicyclic amines) is 1. The largest absolute Gasteiger partial charge is 0.468 e. The van der Waals surface area contributed by atoms with E-state index in [0.29, 0.717) is 18.5 Å². The first-order valence-corrected chi connectivity index (χ1v) is 10.0. The van der Waals surface area contributed by atoms with Gasteiger partial charge in [0.05, 0.1) is 25.0 Å². The van der Waals surface area contributed by atoms with E-state index in [0.717, 1.165) is 56.9 Å². The molecule has 2 amide bonds. The van der Waals surface area contributed by atoms with Gasteiger partial charge in [0.1, 0.15) is 11.6 Å². The molecular weight excluding hydrogens is 342 g/mol. The molecule has 27 heavy (non-hydrogen) atoms. The molecule has 148 valence electrons. The molecule has 1 aliphatic rings. The molecule has 3 heterocycles. The highest BCUT2D eigenvalue weighted by Crippen LogP contribution is 2.20. The molecule has 0 aliphatic carbocycles. The number of aromatic nitrogens is 2. The molecule has 2 aromatic heterocycles. The van der Waals surface area contributed by atoms with E-state index in [1.165, 1.54) is 0 Å². The van der Waals surface area contributed by atoms with Crippen molar-refractivity contribution in [3.8, 4) is 0 Å². The number of urea groups is 1. The van der Waals surface area contributed by atoms with E-state index in [9.17, 15) is 4.79 Å². The van der Waals surface area contributed by atoms with Crippen molar-refractivity contribution in [2.24, 2.45) is 5.92 Å². The van der Waals surface area contributed by atoms with Gasteiger partial charge in [-0.3, -0.25) is 10.2 Å². The second-order valence-corrected chi connectivity index (χ2v) is 7.29. The summed E-state index contributed by atoms with van der Waals surface area (Å²) in [5.41, 5.74) is 0. The molecule has 0 aromatic carbocycles. The van der Waals surface area contributed by atoms with Crippen molar-refractivity contribution >= 4 is 11.8 Å². The average Bonchev–Trinajstić information content (AvgIpc) is 3.34. The zero-order valence-electron chi connectivity index (χ0n) is 16.4. The van der Waals surface area contributed by atoms with Crippen LogP contribution in [0.3, 0.4) is 0 Å². The molecule has 1 atom stereocenters. The SMILES string of the molecule is CCC(CC)n1nccc1NC(=O)NC[C@H]1CCCN(Cc2ccco2)C1. The molecule has 7 nitrogen and oxygen atoms in total. The maximum atomic E-state index is 12.4. The molecule has 0 saturated carbocycles. The summed E-state index contributed by atoms with van der Waals surface area (Å²) in [7, 11) is 0. The van der Waals surface area contributed by atoms with Gasteiger partial charge in [0.25, 0.3) is 0 Å². The Kier molecular flexibility index (Phi) is 6.92. The van der Waals surface area contributed by atoms with Gasteiger partial charge < -0.3 is 9.73 Å². The average molecular weight is 374 g/mol. The minimum Gasteiger partial charge on any atom is -0.468 e. The summed E-state index contributed by atoms with van der Waals surface area (Å²) >= 11 is 0. The van der Waals surface area contributed by atoms with Gasteiger partial charge in [0.2, 0.25) is 0 Å². The van der Waals surface area contributed by atoms with E-state index in [2.05, 4.69) is 34.5 Å². The molecule has 7 heteroatoms. The van der Waals surface area contributed by atoms with Crippen LogP contribution in [0.4, 0.5) is 10.6 Å². The maximum Gasteiger partial charge on any atom is 0.320 e. The number of nitrogens with zero attached hydrogens (tertiary/aromatic N) is 3. The summed E-state index contributed by atoms with van der Waals surface area (Å²) < 4.78 is 7.36. The molecule has 0 spiro atoms. The third-order valence-electron chi connectivity index (χ3n) is 5.31. The fourth-order valence-electron chi connectivity index (χ4n) is 3.82. The van der Waals surface area contributed by atoms with Gasteiger partial charge in [-0.2, -0.15) is 5.10 Å². The Morgan fingerprint density at radius 2 is 2.22 bits per heavy atom. The second-order valence-electron chi connectivity index (χ2n) is 7.29. The lowest BCUT2D eigenvalue weighted by atomic mass is 9.98. The lowest BCUT2D eigenvalue weighted by Gasteiger charge is -2.32. The number of furan rings is 1. The summed E-state index contributed by atoms with van der Waals surface area (Å²) in [6.07, 6.45) is 7.72. The van der Waals surface area contributed by atoms with E-state index in [1.54, 1.807) is 12.5 Å². The minimum absolute atomic E-state index is 0.161. The Hall–Kier alpha value is -2.28. The predicted octanol–water partition coefficient (Wildman–Crippen LogP) is 3.87. The molecule has 0 bridgehead atoms. The van der Waals surface area contributed by atoms with Gasteiger partial charge in [-0.15, -0.1) is 0 Å². The number of carbonyl (C=O) groups excluding carboxylic acids is 1. The lowest BCUT2D eigenvalue weighted by Crippen LogP contribution is -2.41. The first kappa shape index (κ1) is 19.5. The number of amides is 2. The van der Waals surface area contributed by atoms with Gasteiger partial charge in [-0.25, -0.2) is 9.48 Å². The summed E-state index contributed by atoms with van der Waals surface area (Å²) in [5.74, 6) is 2.21. The molecule has 0 unspecified atom stereocenters. The Labute approximate surface area is 161 Å². The van der Waals surface area contributed by atoms with Gasteiger partial charge in [0, 0.05) is 19.2 Å². The van der Waals surface area contributed by atoms with E-state index in [4.69, 9.17) is 4.42 Å². The van der Waals surface area contributed by atoms with Gasteiger partial charge in [-0.05, 0) is 50.3 Å². The lowest BCUT2D eigenvalue weighted by molar-refractivity contribution is 0.156. The number of anilines is 1. The highest BCUT2D eigenvalue weighted by Gasteiger charge is 2.21. The first-order chi connectivity index (χ1) is 13.2. The molecule has 2 N–H and O–H groups in total. The molecular formula is C20H31N5O2. The van der Waals surface area contributed by atoms with Crippen LogP contribution in [0.15, 0.2) is 35.1 Å². The van der Waals surface area contributed by atoms with Crippen LogP contribution in [-0.4, -0.2) is 40.3 Å². The Bertz CT molecular complexity index is 693. The third-order valence-corrected chi connectivity index (χ3v) is 5.31. The topological polar surface area (TPSA) is 75.3 Å². The van der Waals surface area contributed by atoms with Crippen molar-refractivity contribution in [1.29, 1.82) is 0 Å². The van der Waals surface area contributed by atoms with Crippen LogP contribution in [0, 0.1) is 5.92 Å². The van der Waals surface area contributed by atoms with E-state index in [1.807, 2.05) is 22.9 Å². The highest BCUT2D eigenvalue weighted by atomic mass is 16.3. The van der Waals surface area contributed by atoms with Crippen molar-refractivity contribution in [1.82, 2.24) is 20.0 Å². The van der Waals surface area contributed by atoms with Crippen LogP contribution in [0.2, 0.25) is 0 Å². The van der Waals surface area contributed by atoms with E-state index < -0.39 is 0 Å². The summed E-state index contributed by atoms with van der Waals surface area (Å²) in [6, 6.07) is 5.94. The van der Waals surface area contributed by atoms with Crippen LogP contribution >= 0.6 is 0 Å². The predicted molar refractivity (Wildman–Crippen MR) is 106 cm³/mol. The first-order valence-electron chi connectivity index (χ1n) is 10.0. The fraction of sp³-hybridized carbons (Fsp3) is 0.600.